The minimum absolute atomic E-state index is 0.195. The molecule has 0 spiro atoms. The van der Waals surface area contributed by atoms with Crippen LogP contribution < -0.4 is 11.1 Å². The predicted molar refractivity (Wildman–Crippen MR) is 60.7 cm³/mol. The van der Waals surface area contributed by atoms with E-state index in [9.17, 15) is 4.79 Å². The third-order valence-electron chi connectivity index (χ3n) is 3.22. The molecule has 1 heterocycles. The van der Waals surface area contributed by atoms with Crippen LogP contribution in [0.15, 0.2) is 12.4 Å². The van der Waals surface area contributed by atoms with Crippen molar-refractivity contribution in [1.29, 1.82) is 0 Å². The van der Waals surface area contributed by atoms with Crippen LogP contribution in [-0.2, 0) is 0 Å². The van der Waals surface area contributed by atoms with E-state index >= 15 is 0 Å². The SMILES string of the molecule is CCC1(CNC(=O)c2cncc(N)n2)CC1. The molecular weight excluding hydrogens is 204 g/mol. The number of nitrogen functional groups attached to an aromatic ring is 1. The Morgan fingerprint density at radius 1 is 1.56 bits per heavy atom. The number of carbonyl (C=O) groups is 1. The van der Waals surface area contributed by atoms with Gasteiger partial charge >= 0.3 is 0 Å². The fourth-order valence-corrected chi connectivity index (χ4v) is 1.68. The van der Waals surface area contributed by atoms with E-state index in [4.69, 9.17) is 5.73 Å². The van der Waals surface area contributed by atoms with Crippen LogP contribution in [0.3, 0.4) is 0 Å². The van der Waals surface area contributed by atoms with Crippen LogP contribution in [0.5, 0.6) is 0 Å². The van der Waals surface area contributed by atoms with Gasteiger partial charge in [-0.25, -0.2) is 4.98 Å². The summed E-state index contributed by atoms with van der Waals surface area (Å²) in [4.78, 5) is 19.5. The largest absolute Gasteiger partial charge is 0.382 e. The van der Waals surface area contributed by atoms with E-state index in [0.29, 0.717) is 5.41 Å². The van der Waals surface area contributed by atoms with Crippen molar-refractivity contribution in [3.63, 3.8) is 0 Å². The number of anilines is 1. The topological polar surface area (TPSA) is 80.9 Å². The quantitative estimate of drug-likeness (QED) is 0.792. The summed E-state index contributed by atoms with van der Waals surface area (Å²) in [5.41, 5.74) is 6.08. The van der Waals surface area contributed by atoms with E-state index in [1.165, 1.54) is 25.2 Å². The van der Waals surface area contributed by atoms with Crippen molar-refractivity contribution in [2.75, 3.05) is 12.3 Å². The number of rotatable bonds is 4. The molecule has 0 radical (unpaired) electrons. The number of amides is 1. The molecule has 0 aliphatic heterocycles. The summed E-state index contributed by atoms with van der Waals surface area (Å²) >= 11 is 0. The number of nitrogens with two attached hydrogens (primary N) is 1. The van der Waals surface area contributed by atoms with Crippen LogP contribution in [0.4, 0.5) is 5.82 Å². The molecule has 0 saturated heterocycles. The monoisotopic (exact) mass is 220 g/mol. The lowest BCUT2D eigenvalue weighted by molar-refractivity contribution is 0.0939. The van der Waals surface area contributed by atoms with E-state index in [1.807, 2.05) is 0 Å². The van der Waals surface area contributed by atoms with Gasteiger partial charge in [-0.1, -0.05) is 6.92 Å². The molecule has 1 fully saturated rings. The van der Waals surface area contributed by atoms with Gasteiger partial charge in [0.2, 0.25) is 0 Å². The summed E-state index contributed by atoms with van der Waals surface area (Å²) in [6, 6.07) is 0. The first-order chi connectivity index (χ1) is 7.65. The van der Waals surface area contributed by atoms with Crippen LogP contribution >= 0.6 is 0 Å². The summed E-state index contributed by atoms with van der Waals surface area (Å²) in [7, 11) is 0. The number of aromatic nitrogens is 2. The van der Waals surface area contributed by atoms with Gasteiger partial charge in [0, 0.05) is 6.54 Å². The Kier molecular flexibility index (Phi) is 2.77. The average molecular weight is 220 g/mol. The van der Waals surface area contributed by atoms with Crippen LogP contribution in [-0.4, -0.2) is 22.4 Å². The van der Waals surface area contributed by atoms with Crippen LogP contribution in [0, 0.1) is 5.41 Å². The molecule has 5 heteroatoms. The van der Waals surface area contributed by atoms with Gasteiger partial charge in [0.25, 0.3) is 5.91 Å². The van der Waals surface area contributed by atoms with Crippen molar-refractivity contribution in [2.24, 2.45) is 5.41 Å². The predicted octanol–water partition coefficient (Wildman–Crippen LogP) is 0.979. The Labute approximate surface area is 94.5 Å². The van der Waals surface area contributed by atoms with Crippen molar-refractivity contribution >= 4 is 11.7 Å². The second-order valence-corrected chi connectivity index (χ2v) is 4.37. The second-order valence-electron chi connectivity index (χ2n) is 4.37. The van der Waals surface area contributed by atoms with Crippen LogP contribution in [0.1, 0.15) is 36.7 Å². The first-order valence-corrected chi connectivity index (χ1v) is 5.51. The zero-order chi connectivity index (χ0) is 11.6. The highest BCUT2D eigenvalue weighted by molar-refractivity contribution is 5.92. The number of nitrogens with one attached hydrogen (secondary N) is 1. The van der Waals surface area contributed by atoms with E-state index < -0.39 is 0 Å². The van der Waals surface area contributed by atoms with Gasteiger partial charge in [-0.15, -0.1) is 0 Å². The molecule has 0 atom stereocenters. The fourth-order valence-electron chi connectivity index (χ4n) is 1.68. The molecule has 1 aromatic rings. The molecule has 86 valence electrons. The first kappa shape index (κ1) is 10.9. The smallest absolute Gasteiger partial charge is 0.271 e. The fraction of sp³-hybridized carbons (Fsp3) is 0.545. The maximum Gasteiger partial charge on any atom is 0.271 e. The van der Waals surface area contributed by atoms with Crippen molar-refractivity contribution in [3.05, 3.63) is 18.1 Å². The van der Waals surface area contributed by atoms with Crippen LogP contribution in [0.2, 0.25) is 0 Å². The molecule has 0 unspecified atom stereocenters. The zero-order valence-corrected chi connectivity index (χ0v) is 9.36. The third-order valence-corrected chi connectivity index (χ3v) is 3.22. The molecule has 3 N–H and O–H groups in total. The Morgan fingerprint density at radius 3 is 2.88 bits per heavy atom. The second kappa shape index (κ2) is 4.08. The number of nitrogens with zero attached hydrogens (tertiary/aromatic N) is 2. The van der Waals surface area contributed by atoms with E-state index in [1.54, 1.807) is 0 Å². The first-order valence-electron chi connectivity index (χ1n) is 5.51. The van der Waals surface area contributed by atoms with E-state index in [-0.39, 0.29) is 17.4 Å². The van der Waals surface area contributed by atoms with E-state index in [2.05, 4.69) is 22.2 Å². The minimum Gasteiger partial charge on any atom is -0.382 e. The standard InChI is InChI=1S/C11H16N4O/c1-2-11(3-4-11)7-14-10(16)8-5-13-6-9(12)15-8/h5-6H,2-4,7H2,1H3,(H2,12,15)(H,14,16). The van der Waals surface area contributed by atoms with Gasteiger partial charge in [-0.2, -0.15) is 0 Å². The normalized spacial score (nSPS) is 16.8. The van der Waals surface area contributed by atoms with Crippen molar-refractivity contribution in [2.45, 2.75) is 26.2 Å². The molecule has 2 rings (SSSR count). The Balaban J connectivity index is 1.93. The molecule has 5 nitrogen and oxygen atoms in total. The Morgan fingerprint density at radius 2 is 2.31 bits per heavy atom. The van der Waals surface area contributed by atoms with Crippen LogP contribution in [0.25, 0.3) is 0 Å². The molecule has 1 aliphatic carbocycles. The van der Waals surface area contributed by atoms with Gasteiger partial charge in [-0.05, 0) is 24.7 Å². The highest BCUT2D eigenvalue weighted by atomic mass is 16.1. The lowest BCUT2D eigenvalue weighted by Gasteiger charge is -2.12. The van der Waals surface area contributed by atoms with Crippen molar-refractivity contribution in [1.82, 2.24) is 15.3 Å². The van der Waals surface area contributed by atoms with Gasteiger partial charge in [0.05, 0.1) is 12.4 Å². The summed E-state index contributed by atoms with van der Waals surface area (Å²) in [6.45, 7) is 2.87. The van der Waals surface area contributed by atoms with Gasteiger partial charge in [0.15, 0.2) is 0 Å². The van der Waals surface area contributed by atoms with Gasteiger partial charge < -0.3 is 11.1 Å². The molecule has 1 aromatic heterocycles. The minimum atomic E-state index is -0.195. The highest BCUT2D eigenvalue weighted by Gasteiger charge is 2.40. The highest BCUT2D eigenvalue weighted by Crippen LogP contribution is 2.47. The summed E-state index contributed by atoms with van der Waals surface area (Å²) in [5, 5.41) is 2.88. The molecular formula is C11H16N4O. The number of hydrogen-bond acceptors (Lipinski definition) is 4. The Bertz CT molecular complexity index is 401. The molecule has 1 amide bonds. The number of carbonyl (C=O) groups excluding carboxylic acids is 1. The van der Waals surface area contributed by atoms with Crippen molar-refractivity contribution < 1.29 is 4.79 Å². The number of hydrogen-bond donors (Lipinski definition) is 2. The lowest BCUT2D eigenvalue weighted by atomic mass is 10.0. The summed E-state index contributed by atoms with van der Waals surface area (Å²) in [5.74, 6) is 0.0730. The summed E-state index contributed by atoms with van der Waals surface area (Å²) in [6.07, 6.45) is 6.36. The van der Waals surface area contributed by atoms with E-state index in [0.717, 1.165) is 13.0 Å². The molecule has 0 bridgehead atoms. The summed E-state index contributed by atoms with van der Waals surface area (Å²) < 4.78 is 0. The maximum absolute atomic E-state index is 11.7. The van der Waals surface area contributed by atoms with Gasteiger partial charge in [-0.3, -0.25) is 9.78 Å². The third kappa shape index (κ3) is 2.29. The Hall–Kier alpha value is -1.65. The van der Waals surface area contributed by atoms with Crippen molar-refractivity contribution in [3.8, 4) is 0 Å². The lowest BCUT2D eigenvalue weighted by Crippen LogP contribution is -2.30. The molecule has 1 saturated carbocycles. The van der Waals surface area contributed by atoms with Gasteiger partial charge in [0.1, 0.15) is 11.5 Å². The zero-order valence-electron chi connectivity index (χ0n) is 9.36. The molecule has 1 aliphatic rings. The maximum atomic E-state index is 11.7. The molecule has 16 heavy (non-hydrogen) atoms. The average Bonchev–Trinajstić information content (AvgIpc) is 3.07. The molecule has 0 aromatic carbocycles.